The highest BCUT2D eigenvalue weighted by molar-refractivity contribution is 9.10. The third kappa shape index (κ3) is 3.40. The van der Waals surface area contributed by atoms with Crippen LogP contribution in [0.5, 0.6) is 0 Å². The SMILES string of the molecule is Cc1cc(NC(=O)Cn2cc3c(n2)CCC(C)C3)ccc1Br. The average Bonchev–Trinajstić information content (AvgIpc) is 2.84. The van der Waals surface area contributed by atoms with E-state index in [1.807, 2.05) is 31.3 Å². The van der Waals surface area contributed by atoms with Gasteiger partial charge in [0.1, 0.15) is 6.54 Å². The van der Waals surface area contributed by atoms with Crippen molar-refractivity contribution < 1.29 is 4.79 Å². The molecular formula is C17H20BrN3O. The van der Waals surface area contributed by atoms with E-state index in [-0.39, 0.29) is 12.5 Å². The smallest absolute Gasteiger partial charge is 0.246 e. The number of amides is 1. The largest absolute Gasteiger partial charge is 0.324 e. The van der Waals surface area contributed by atoms with E-state index in [9.17, 15) is 4.79 Å². The Hall–Kier alpha value is -1.62. The second kappa shape index (κ2) is 6.24. The Balaban J connectivity index is 1.65. The number of carbonyl (C=O) groups excluding carboxylic acids is 1. The van der Waals surface area contributed by atoms with Crippen LogP contribution in [0.4, 0.5) is 5.69 Å². The second-order valence-electron chi connectivity index (χ2n) is 6.16. The summed E-state index contributed by atoms with van der Waals surface area (Å²) in [5, 5.41) is 7.47. The van der Waals surface area contributed by atoms with Crippen LogP contribution in [-0.4, -0.2) is 15.7 Å². The number of hydrogen-bond acceptors (Lipinski definition) is 2. The fourth-order valence-corrected chi connectivity index (χ4v) is 3.14. The third-order valence-corrected chi connectivity index (χ3v) is 5.00. The van der Waals surface area contributed by atoms with Crippen molar-refractivity contribution in [2.75, 3.05) is 5.32 Å². The van der Waals surface area contributed by atoms with Crippen LogP contribution in [-0.2, 0) is 24.2 Å². The van der Waals surface area contributed by atoms with Gasteiger partial charge in [-0.3, -0.25) is 9.48 Å². The molecule has 1 heterocycles. The number of hydrogen-bond donors (Lipinski definition) is 1. The molecule has 1 unspecified atom stereocenters. The zero-order valence-corrected chi connectivity index (χ0v) is 14.5. The Labute approximate surface area is 139 Å². The molecule has 2 aromatic rings. The van der Waals surface area contributed by atoms with Crippen molar-refractivity contribution in [2.24, 2.45) is 5.92 Å². The standard InChI is InChI=1S/C17H20BrN3O/c1-11-3-6-16-13(7-11)9-21(20-16)10-17(22)19-14-4-5-15(18)12(2)8-14/h4-5,8-9,11H,3,6-7,10H2,1-2H3,(H,19,22). The molecule has 22 heavy (non-hydrogen) atoms. The van der Waals surface area contributed by atoms with Gasteiger partial charge in [-0.15, -0.1) is 0 Å². The summed E-state index contributed by atoms with van der Waals surface area (Å²) in [4.78, 5) is 12.2. The molecule has 1 aliphatic carbocycles. The molecule has 0 bridgehead atoms. The molecule has 1 amide bonds. The first kappa shape index (κ1) is 15.3. The van der Waals surface area contributed by atoms with Crippen LogP contribution in [0.3, 0.4) is 0 Å². The van der Waals surface area contributed by atoms with Gasteiger partial charge >= 0.3 is 0 Å². The molecule has 0 saturated carbocycles. The molecule has 1 atom stereocenters. The van der Waals surface area contributed by atoms with Gasteiger partial charge in [0.05, 0.1) is 5.69 Å². The van der Waals surface area contributed by atoms with Gasteiger partial charge in [0, 0.05) is 16.4 Å². The highest BCUT2D eigenvalue weighted by Gasteiger charge is 2.19. The van der Waals surface area contributed by atoms with Crippen molar-refractivity contribution in [1.82, 2.24) is 9.78 Å². The topological polar surface area (TPSA) is 46.9 Å². The second-order valence-corrected chi connectivity index (χ2v) is 7.01. The summed E-state index contributed by atoms with van der Waals surface area (Å²) in [6.07, 6.45) is 5.31. The lowest BCUT2D eigenvalue weighted by Crippen LogP contribution is -2.19. The molecule has 3 rings (SSSR count). The van der Waals surface area contributed by atoms with Gasteiger partial charge in [-0.1, -0.05) is 22.9 Å². The van der Waals surface area contributed by atoms with Gasteiger partial charge in [-0.25, -0.2) is 0 Å². The van der Waals surface area contributed by atoms with E-state index >= 15 is 0 Å². The van der Waals surface area contributed by atoms with Crippen molar-refractivity contribution in [2.45, 2.75) is 39.7 Å². The van der Waals surface area contributed by atoms with E-state index in [0.29, 0.717) is 5.92 Å². The lowest BCUT2D eigenvalue weighted by Gasteiger charge is -2.15. The number of anilines is 1. The molecule has 5 heteroatoms. The summed E-state index contributed by atoms with van der Waals surface area (Å²) in [5.74, 6) is 0.666. The summed E-state index contributed by atoms with van der Waals surface area (Å²) in [5.41, 5.74) is 4.37. The number of halogens is 1. The summed E-state index contributed by atoms with van der Waals surface area (Å²) < 4.78 is 2.81. The van der Waals surface area contributed by atoms with Gasteiger partial charge in [-0.05, 0) is 61.4 Å². The number of nitrogens with one attached hydrogen (secondary N) is 1. The highest BCUT2D eigenvalue weighted by atomic mass is 79.9. The number of rotatable bonds is 3. The third-order valence-electron chi connectivity index (χ3n) is 4.11. The van der Waals surface area contributed by atoms with E-state index in [4.69, 9.17) is 0 Å². The minimum Gasteiger partial charge on any atom is -0.324 e. The predicted molar refractivity (Wildman–Crippen MR) is 90.9 cm³/mol. The minimum absolute atomic E-state index is 0.0467. The molecule has 116 valence electrons. The first-order chi connectivity index (χ1) is 10.5. The number of aryl methyl sites for hydroxylation is 2. The van der Waals surface area contributed by atoms with Crippen molar-refractivity contribution in [3.8, 4) is 0 Å². The monoisotopic (exact) mass is 361 g/mol. The van der Waals surface area contributed by atoms with Crippen molar-refractivity contribution in [3.05, 3.63) is 45.7 Å². The summed E-state index contributed by atoms with van der Waals surface area (Å²) in [6, 6.07) is 5.79. The van der Waals surface area contributed by atoms with Crippen LogP contribution in [0.15, 0.2) is 28.9 Å². The number of carbonyl (C=O) groups is 1. The van der Waals surface area contributed by atoms with Crippen molar-refractivity contribution in [1.29, 1.82) is 0 Å². The first-order valence-corrected chi connectivity index (χ1v) is 8.42. The zero-order chi connectivity index (χ0) is 15.7. The minimum atomic E-state index is -0.0467. The van der Waals surface area contributed by atoms with Gasteiger partial charge in [0.15, 0.2) is 0 Å². The van der Waals surface area contributed by atoms with Crippen LogP contribution in [0.25, 0.3) is 0 Å². The van der Waals surface area contributed by atoms with Crippen LogP contribution < -0.4 is 5.32 Å². The zero-order valence-electron chi connectivity index (χ0n) is 12.9. The quantitative estimate of drug-likeness (QED) is 0.905. The predicted octanol–water partition coefficient (Wildman–Crippen LogP) is 3.72. The molecule has 1 aliphatic rings. The maximum Gasteiger partial charge on any atom is 0.246 e. The van der Waals surface area contributed by atoms with Gasteiger partial charge in [0.2, 0.25) is 5.91 Å². The van der Waals surface area contributed by atoms with E-state index in [1.54, 1.807) is 4.68 Å². The van der Waals surface area contributed by atoms with Gasteiger partial charge in [-0.2, -0.15) is 5.10 Å². The number of fused-ring (bicyclic) bond motifs is 1. The van der Waals surface area contributed by atoms with Gasteiger partial charge in [0.25, 0.3) is 0 Å². The molecule has 0 aliphatic heterocycles. The lowest BCUT2D eigenvalue weighted by atomic mass is 9.89. The fraction of sp³-hybridized carbons (Fsp3) is 0.412. The highest BCUT2D eigenvalue weighted by Crippen LogP contribution is 2.24. The van der Waals surface area contributed by atoms with Crippen LogP contribution >= 0.6 is 15.9 Å². The average molecular weight is 362 g/mol. The Bertz CT molecular complexity index is 708. The molecule has 0 saturated heterocycles. The molecule has 0 radical (unpaired) electrons. The summed E-state index contributed by atoms with van der Waals surface area (Å²) in [7, 11) is 0. The van der Waals surface area contributed by atoms with E-state index < -0.39 is 0 Å². The van der Waals surface area contributed by atoms with E-state index in [2.05, 4.69) is 33.3 Å². The maximum absolute atomic E-state index is 12.2. The molecule has 1 N–H and O–H groups in total. The Morgan fingerprint density at radius 3 is 3.09 bits per heavy atom. The van der Waals surface area contributed by atoms with Crippen LogP contribution in [0.2, 0.25) is 0 Å². The van der Waals surface area contributed by atoms with Crippen molar-refractivity contribution in [3.63, 3.8) is 0 Å². The molecule has 4 nitrogen and oxygen atoms in total. The van der Waals surface area contributed by atoms with Crippen molar-refractivity contribution >= 4 is 27.5 Å². The Kier molecular flexibility index (Phi) is 4.34. The molecule has 0 spiro atoms. The normalized spacial score (nSPS) is 17.1. The lowest BCUT2D eigenvalue weighted by molar-refractivity contribution is -0.116. The first-order valence-electron chi connectivity index (χ1n) is 7.62. The number of benzene rings is 1. The Morgan fingerprint density at radius 2 is 2.32 bits per heavy atom. The maximum atomic E-state index is 12.2. The molecule has 1 aromatic heterocycles. The van der Waals surface area contributed by atoms with E-state index in [0.717, 1.165) is 34.3 Å². The summed E-state index contributed by atoms with van der Waals surface area (Å²) >= 11 is 3.46. The fourth-order valence-electron chi connectivity index (χ4n) is 2.90. The number of aromatic nitrogens is 2. The van der Waals surface area contributed by atoms with Gasteiger partial charge < -0.3 is 5.32 Å². The Morgan fingerprint density at radius 1 is 1.50 bits per heavy atom. The van der Waals surface area contributed by atoms with Crippen LogP contribution in [0, 0.1) is 12.8 Å². The number of nitrogens with zero attached hydrogens (tertiary/aromatic N) is 2. The summed E-state index contributed by atoms with van der Waals surface area (Å²) in [6.45, 7) is 4.53. The molecular weight excluding hydrogens is 342 g/mol. The van der Waals surface area contributed by atoms with E-state index in [1.165, 1.54) is 12.0 Å². The van der Waals surface area contributed by atoms with Crippen LogP contribution in [0.1, 0.15) is 30.2 Å². The molecule has 1 aromatic carbocycles. The molecule has 0 fully saturated rings.